The van der Waals surface area contributed by atoms with Crippen molar-refractivity contribution in [1.29, 1.82) is 0 Å². The van der Waals surface area contributed by atoms with Gasteiger partial charge in [-0.2, -0.15) is 25.3 Å². The Bertz CT molecular complexity index is 933. The summed E-state index contributed by atoms with van der Waals surface area (Å²) in [6.45, 7) is 0. The van der Waals surface area contributed by atoms with Gasteiger partial charge in [-0.15, -0.1) is 0 Å². The fourth-order valence-electron chi connectivity index (χ4n) is 2.92. The van der Waals surface area contributed by atoms with Gasteiger partial charge in [0.1, 0.15) is 0 Å². The third-order valence-electron chi connectivity index (χ3n) is 3.88. The van der Waals surface area contributed by atoms with Crippen LogP contribution in [0.25, 0.3) is 0 Å². The molecule has 0 saturated heterocycles. The van der Waals surface area contributed by atoms with Crippen LogP contribution < -0.4 is 5.73 Å². The molecular formula is C10H13NO9S3. The average Bonchev–Trinajstić information content (AvgIpc) is 2.34. The van der Waals surface area contributed by atoms with Gasteiger partial charge in [-0.1, -0.05) is 24.3 Å². The molecule has 0 spiro atoms. The van der Waals surface area contributed by atoms with Crippen LogP contribution in [-0.4, -0.2) is 43.8 Å². The first-order valence-corrected chi connectivity index (χ1v) is 10.3. The van der Waals surface area contributed by atoms with E-state index in [0.717, 1.165) is 6.07 Å². The van der Waals surface area contributed by atoms with Gasteiger partial charge in [-0.25, -0.2) is 0 Å². The molecule has 1 aromatic rings. The molecule has 5 N–H and O–H groups in total. The number of aryl methyl sites for hydroxylation is 1. The summed E-state index contributed by atoms with van der Waals surface area (Å²) in [7, 11) is -17.2. The van der Waals surface area contributed by atoms with Crippen LogP contribution in [-0.2, 0) is 40.9 Å². The minimum Gasteiger partial charge on any atom is -0.308 e. The largest absolute Gasteiger partial charge is 0.308 e. The molecule has 1 aliphatic carbocycles. The molecule has 1 atom stereocenters. The SMILES string of the molecule is NC1(S(=O)(=O)O)CCc2ccccc2C1(S(=O)(=O)O)S(=O)(=O)O. The zero-order valence-electron chi connectivity index (χ0n) is 11.3. The van der Waals surface area contributed by atoms with Crippen LogP contribution >= 0.6 is 0 Å². The third kappa shape index (κ3) is 2.23. The standard InChI is InChI=1S/C10H13NO9S3/c11-9(21(12,13)14)6-5-7-3-1-2-4-8(7)10(9,22(15,16)17)23(18,19)20/h1-4H,5-6,11H2,(H,12,13,14)(H,15,16,17)(H,18,19,20). The van der Waals surface area contributed by atoms with Crippen LogP contribution in [0.2, 0.25) is 0 Å². The van der Waals surface area contributed by atoms with Crippen molar-refractivity contribution in [2.24, 2.45) is 5.73 Å². The van der Waals surface area contributed by atoms with Gasteiger partial charge in [0, 0.05) is 0 Å². The topological polar surface area (TPSA) is 189 Å². The van der Waals surface area contributed by atoms with Gasteiger partial charge >= 0.3 is 0 Å². The van der Waals surface area contributed by atoms with Crippen molar-refractivity contribution in [3.8, 4) is 0 Å². The molecule has 1 aromatic carbocycles. The number of fused-ring (bicyclic) bond motifs is 1. The number of hydrogen-bond acceptors (Lipinski definition) is 7. The van der Waals surface area contributed by atoms with E-state index >= 15 is 0 Å². The quantitative estimate of drug-likeness (QED) is 0.473. The lowest BCUT2D eigenvalue weighted by atomic mass is 9.87. The van der Waals surface area contributed by atoms with E-state index in [0.29, 0.717) is 0 Å². The van der Waals surface area contributed by atoms with E-state index < -0.39 is 51.3 Å². The molecule has 13 heteroatoms. The third-order valence-corrected chi connectivity index (χ3v) is 9.46. The fourth-order valence-corrected chi connectivity index (χ4v) is 8.09. The number of hydrogen-bond donors (Lipinski definition) is 4. The average molecular weight is 387 g/mol. The Kier molecular flexibility index (Phi) is 3.93. The van der Waals surface area contributed by atoms with E-state index in [9.17, 15) is 38.9 Å². The summed E-state index contributed by atoms with van der Waals surface area (Å²) < 4.78 is 95.8. The van der Waals surface area contributed by atoms with Crippen molar-refractivity contribution in [1.82, 2.24) is 0 Å². The molecule has 0 fully saturated rings. The maximum atomic E-state index is 11.9. The van der Waals surface area contributed by atoms with Gasteiger partial charge in [-0.05, 0) is 24.0 Å². The molecule has 10 nitrogen and oxygen atoms in total. The Morgan fingerprint density at radius 2 is 1.35 bits per heavy atom. The van der Waals surface area contributed by atoms with Crippen LogP contribution in [0.1, 0.15) is 17.5 Å². The molecule has 0 saturated carbocycles. The second-order valence-electron chi connectivity index (χ2n) is 5.09. The van der Waals surface area contributed by atoms with Gasteiger partial charge in [0.2, 0.25) is 0 Å². The maximum absolute atomic E-state index is 11.9. The van der Waals surface area contributed by atoms with Gasteiger partial charge in [0.15, 0.2) is 4.87 Å². The second kappa shape index (κ2) is 4.95. The van der Waals surface area contributed by atoms with Gasteiger partial charge in [0.25, 0.3) is 34.4 Å². The van der Waals surface area contributed by atoms with Crippen LogP contribution in [0.15, 0.2) is 24.3 Å². The van der Waals surface area contributed by atoms with Gasteiger partial charge in [0.05, 0.1) is 0 Å². The van der Waals surface area contributed by atoms with Crippen LogP contribution in [0, 0.1) is 0 Å². The summed E-state index contributed by atoms with van der Waals surface area (Å²) in [5.41, 5.74) is 4.78. The Balaban J connectivity index is 3.20. The van der Waals surface area contributed by atoms with Crippen molar-refractivity contribution in [2.45, 2.75) is 21.8 Å². The Morgan fingerprint density at radius 1 is 0.870 bits per heavy atom. The fraction of sp³-hybridized carbons (Fsp3) is 0.400. The van der Waals surface area contributed by atoms with Crippen LogP contribution in [0.4, 0.5) is 0 Å². The minimum absolute atomic E-state index is 0.0347. The van der Waals surface area contributed by atoms with Crippen molar-refractivity contribution in [2.75, 3.05) is 0 Å². The molecule has 1 aliphatic rings. The Morgan fingerprint density at radius 3 is 1.78 bits per heavy atom. The van der Waals surface area contributed by atoms with Crippen molar-refractivity contribution >= 4 is 30.4 Å². The molecule has 1 unspecified atom stereocenters. The van der Waals surface area contributed by atoms with Gasteiger partial charge < -0.3 is 5.73 Å². The first kappa shape index (κ1) is 18.3. The van der Waals surface area contributed by atoms with E-state index in [1.165, 1.54) is 18.2 Å². The van der Waals surface area contributed by atoms with Crippen LogP contribution in [0.3, 0.4) is 0 Å². The molecule has 0 aliphatic heterocycles. The second-order valence-corrected chi connectivity index (χ2v) is 10.2. The zero-order chi connectivity index (χ0) is 17.9. The molecule has 130 valence electrons. The number of benzene rings is 1. The van der Waals surface area contributed by atoms with Crippen molar-refractivity contribution in [3.63, 3.8) is 0 Å². The normalized spacial score (nSPS) is 24.9. The minimum atomic E-state index is -5.85. The predicted molar refractivity (Wildman–Crippen MR) is 78.0 cm³/mol. The Hall–Kier alpha value is -1.09. The summed E-state index contributed by atoms with van der Waals surface area (Å²) in [6.07, 6.45) is -1.08. The molecule has 0 radical (unpaired) electrons. The first-order chi connectivity index (χ1) is 10.2. The lowest BCUT2D eigenvalue weighted by Gasteiger charge is -2.44. The highest BCUT2D eigenvalue weighted by Crippen LogP contribution is 2.51. The lowest BCUT2D eigenvalue weighted by Crippen LogP contribution is -2.70. The number of nitrogens with two attached hydrogens (primary N) is 1. The van der Waals surface area contributed by atoms with E-state index in [2.05, 4.69) is 0 Å². The summed E-state index contributed by atoms with van der Waals surface area (Å²) in [5, 5.41) is 0. The zero-order valence-corrected chi connectivity index (χ0v) is 13.8. The molecule has 23 heavy (non-hydrogen) atoms. The summed E-state index contributed by atoms with van der Waals surface area (Å²) in [5.74, 6) is 0. The summed E-state index contributed by atoms with van der Waals surface area (Å²) in [4.78, 5) is -3.41. The molecular weight excluding hydrogens is 374 g/mol. The van der Waals surface area contributed by atoms with Gasteiger partial charge in [-0.3, -0.25) is 13.7 Å². The molecule has 0 amide bonds. The number of rotatable bonds is 3. The summed E-state index contributed by atoms with van der Waals surface area (Å²) >= 11 is 0. The van der Waals surface area contributed by atoms with Crippen LogP contribution in [0.5, 0.6) is 0 Å². The highest BCUT2D eigenvalue weighted by Gasteiger charge is 2.75. The molecule has 0 bridgehead atoms. The molecule has 0 heterocycles. The Labute approximate surface area is 132 Å². The smallest absolute Gasteiger partial charge is 0.295 e. The monoisotopic (exact) mass is 387 g/mol. The van der Waals surface area contributed by atoms with Crippen molar-refractivity contribution < 1.29 is 38.9 Å². The summed E-state index contributed by atoms with van der Waals surface area (Å²) in [6, 6.07) is 4.75. The first-order valence-electron chi connectivity index (χ1n) is 5.98. The predicted octanol–water partition coefficient (Wildman–Crippen LogP) is -0.896. The molecule has 0 aromatic heterocycles. The van der Waals surface area contributed by atoms with E-state index in [4.69, 9.17) is 5.73 Å². The van der Waals surface area contributed by atoms with E-state index in [1.54, 1.807) is 0 Å². The van der Waals surface area contributed by atoms with E-state index in [-0.39, 0.29) is 12.0 Å². The van der Waals surface area contributed by atoms with Crippen molar-refractivity contribution in [3.05, 3.63) is 35.4 Å². The highest BCUT2D eigenvalue weighted by molar-refractivity contribution is 8.06. The molecule has 2 rings (SSSR count). The maximum Gasteiger partial charge on any atom is 0.295 e. The highest BCUT2D eigenvalue weighted by atomic mass is 32.3. The lowest BCUT2D eigenvalue weighted by molar-refractivity contribution is 0.326. The van der Waals surface area contributed by atoms with E-state index in [1.807, 2.05) is 0 Å².